The van der Waals surface area contributed by atoms with E-state index in [1.165, 1.54) is 21.3 Å². The van der Waals surface area contributed by atoms with Crippen molar-refractivity contribution in [2.24, 2.45) is 0 Å². The van der Waals surface area contributed by atoms with Gasteiger partial charge in [0.25, 0.3) is 0 Å². The Labute approximate surface area is 234 Å². The highest BCUT2D eigenvalue weighted by molar-refractivity contribution is 5.93. The van der Waals surface area contributed by atoms with Crippen molar-refractivity contribution in [3.63, 3.8) is 0 Å². The molecule has 0 saturated carbocycles. The van der Waals surface area contributed by atoms with Gasteiger partial charge >= 0.3 is 18.5 Å². The minimum absolute atomic E-state index is 0.110. The zero-order valence-corrected chi connectivity index (χ0v) is 22.1. The maximum absolute atomic E-state index is 14.9. The molecule has 42 heavy (non-hydrogen) atoms. The summed E-state index contributed by atoms with van der Waals surface area (Å²) in [5.41, 5.74) is -12.5. The largest absolute Gasteiger partial charge is 0.497 e. The van der Waals surface area contributed by atoms with E-state index in [4.69, 9.17) is 14.2 Å². The molecule has 0 radical (unpaired) electrons. The maximum Gasteiger partial charge on any atom is 0.417 e. The van der Waals surface area contributed by atoms with E-state index in [0.29, 0.717) is 0 Å². The molecule has 0 aliphatic heterocycles. The first kappa shape index (κ1) is 30.6. The Balaban J connectivity index is 2.38. The molecule has 0 saturated heterocycles. The molecular formula is C30H21F9O3. The van der Waals surface area contributed by atoms with Crippen LogP contribution in [0, 0.1) is 0 Å². The lowest BCUT2D eigenvalue weighted by atomic mass is 9.78. The van der Waals surface area contributed by atoms with Crippen LogP contribution in [-0.4, -0.2) is 21.3 Å². The molecule has 12 heteroatoms. The van der Waals surface area contributed by atoms with Gasteiger partial charge in [0.1, 0.15) is 17.2 Å². The molecule has 0 unspecified atom stereocenters. The molecule has 0 aromatic heterocycles. The molecule has 0 atom stereocenters. The zero-order valence-electron chi connectivity index (χ0n) is 22.1. The van der Waals surface area contributed by atoms with Gasteiger partial charge in [-0.2, -0.15) is 39.5 Å². The molecule has 0 amide bonds. The minimum Gasteiger partial charge on any atom is -0.497 e. The highest BCUT2D eigenvalue weighted by Gasteiger charge is 2.51. The van der Waals surface area contributed by atoms with E-state index >= 15 is 0 Å². The second kappa shape index (κ2) is 11.1. The summed E-state index contributed by atoms with van der Waals surface area (Å²) in [6.45, 7) is 0. The average molecular weight is 600 g/mol. The number of rotatable bonds is 6. The van der Waals surface area contributed by atoms with Gasteiger partial charge < -0.3 is 14.2 Å². The summed E-state index contributed by atoms with van der Waals surface area (Å²) in [6, 6.07) is 12.3. The Morgan fingerprint density at radius 1 is 0.357 bits per heavy atom. The number of benzene rings is 4. The maximum atomic E-state index is 14.9. The predicted molar refractivity (Wildman–Crippen MR) is 137 cm³/mol. The standard InChI is InChI=1S/C30H21F9O3/c1-40-19-10-4-16(5-11-19)22-25(28(31,32)33)23(17-6-12-20(41-2)13-7-17)27(30(37,38)39)24(26(22)29(34,35)36)18-8-14-21(42-3)15-9-18/h4-15H,1-3H3. The van der Waals surface area contributed by atoms with Gasteiger partial charge in [0.2, 0.25) is 0 Å². The van der Waals surface area contributed by atoms with Crippen molar-refractivity contribution in [1.82, 2.24) is 0 Å². The van der Waals surface area contributed by atoms with Crippen LogP contribution < -0.4 is 14.2 Å². The van der Waals surface area contributed by atoms with Crippen molar-refractivity contribution in [2.75, 3.05) is 21.3 Å². The van der Waals surface area contributed by atoms with E-state index in [-0.39, 0.29) is 17.2 Å². The summed E-state index contributed by atoms with van der Waals surface area (Å²) >= 11 is 0. The minimum atomic E-state index is -5.66. The lowest BCUT2D eigenvalue weighted by molar-refractivity contribution is -0.146. The number of halogens is 9. The van der Waals surface area contributed by atoms with Gasteiger partial charge in [0.15, 0.2) is 0 Å². The molecule has 222 valence electrons. The lowest BCUT2D eigenvalue weighted by Gasteiger charge is -2.30. The lowest BCUT2D eigenvalue weighted by Crippen LogP contribution is -2.23. The first-order chi connectivity index (χ1) is 19.6. The van der Waals surface area contributed by atoms with E-state index in [9.17, 15) is 39.5 Å². The van der Waals surface area contributed by atoms with E-state index in [1.54, 1.807) is 0 Å². The Bertz CT molecular complexity index is 1340. The van der Waals surface area contributed by atoms with E-state index in [1.807, 2.05) is 0 Å². The molecule has 3 nitrogen and oxygen atoms in total. The highest BCUT2D eigenvalue weighted by atomic mass is 19.4. The summed E-state index contributed by atoms with van der Waals surface area (Å²) in [5.74, 6) is 0.329. The van der Waals surface area contributed by atoms with Crippen LogP contribution in [0.15, 0.2) is 72.8 Å². The molecule has 4 aromatic rings. The Kier molecular flexibility index (Phi) is 8.12. The SMILES string of the molecule is COc1ccc(-c2c(C(F)(F)F)c(-c3ccc(OC)cc3)c(C(F)(F)F)c(-c3ccc(OC)cc3)c2C(F)(F)F)cc1. The van der Waals surface area contributed by atoms with Crippen molar-refractivity contribution >= 4 is 0 Å². The third-order valence-electron chi connectivity index (χ3n) is 6.49. The van der Waals surface area contributed by atoms with Gasteiger partial charge in [-0.25, -0.2) is 0 Å². The van der Waals surface area contributed by atoms with Crippen molar-refractivity contribution < 1.29 is 53.7 Å². The second-order valence-electron chi connectivity index (χ2n) is 8.93. The van der Waals surface area contributed by atoms with Crippen LogP contribution in [0.3, 0.4) is 0 Å². The van der Waals surface area contributed by atoms with Crippen LogP contribution in [-0.2, 0) is 18.5 Å². The van der Waals surface area contributed by atoms with Crippen LogP contribution in [0.4, 0.5) is 39.5 Å². The van der Waals surface area contributed by atoms with Gasteiger partial charge in [-0.1, -0.05) is 36.4 Å². The quantitative estimate of drug-likeness (QED) is 0.206. The smallest absolute Gasteiger partial charge is 0.417 e. The van der Waals surface area contributed by atoms with Crippen molar-refractivity contribution in [2.45, 2.75) is 18.5 Å². The van der Waals surface area contributed by atoms with Crippen LogP contribution >= 0.6 is 0 Å². The fraction of sp³-hybridized carbons (Fsp3) is 0.200. The monoisotopic (exact) mass is 600 g/mol. The molecule has 4 rings (SSSR count). The fourth-order valence-corrected chi connectivity index (χ4v) is 4.74. The van der Waals surface area contributed by atoms with E-state index in [0.717, 1.165) is 72.8 Å². The Morgan fingerprint density at radius 3 is 0.690 bits per heavy atom. The second-order valence-corrected chi connectivity index (χ2v) is 8.93. The molecule has 0 fully saturated rings. The highest BCUT2D eigenvalue weighted by Crippen LogP contribution is 2.57. The molecule has 0 bridgehead atoms. The first-order valence-corrected chi connectivity index (χ1v) is 12.0. The molecule has 0 aliphatic carbocycles. The van der Waals surface area contributed by atoms with Crippen LogP contribution in [0.25, 0.3) is 33.4 Å². The summed E-state index contributed by atoms with van der Waals surface area (Å²) in [5, 5.41) is 0. The number of alkyl halides is 9. The molecule has 4 aromatic carbocycles. The molecule has 0 spiro atoms. The number of hydrogen-bond donors (Lipinski definition) is 0. The third kappa shape index (κ3) is 5.83. The van der Waals surface area contributed by atoms with Gasteiger partial charge in [-0.15, -0.1) is 0 Å². The summed E-state index contributed by atoms with van der Waals surface area (Å²) in [7, 11) is 3.71. The van der Waals surface area contributed by atoms with Crippen LogP contribution in [0.2, 0.25) is 0 Å². The van der Waals surface area contributed by atoms with Crippen molar-refractivity contribution in [1.29, 1.82) is 0 Å². The number of methoxy groups -OCH3 is 3. The van der Waals surface area contributed by atoms with Gasteiger partial charge in [0.05, 0.1) is 38.0 Å². The number of hydrogen-bond acceptors (Lipinski definition) is 3. The van der Waals surface area contributed by atoms with E-state index in [2.05, 4.69) is 0 Å². The molecule has 0 heterocycles. The molecule has 0 N–H and O–H groups in total. The first-order valence-electron chi connectivity index (χ1n) is 12.0. The fourth-order valence-electron chi connectivity index (χ4n) is 4.74. The number of ether oxygens (including phenoxy) is 3. The van der Waals surface area contributed by atoms with Crippen molar-refractivity contribution in [3.8, 4) is 50.6 Å². The van der Waals surface area contributed by atoms with Crippen molar-refractivity contribution in [3.05, 3.63) is 89.5 Å². The topological polar surface area (TPSA) is 27.7 Å². The van der Waals surface area contributed by atoms with Crippen LogP contribution in [0.5, 0.6) is 17.2 Å². The van der Waals surface area contributed by atoms with Gasteiger partial charge in [-0.05, 0) is 53.1 Å². The predicted octanol–water partition coefficient (Wildman–Crippen LogP) is 9.77. The van der Waals surface area contributed by atoms with Gasteiger partial charge in [-0.3, -0.25) is 0 Å². The average Bonchev–Trinajstić information content (AvgIpc) is 2.94. The normalized spacial score (nSPS) is 12.3. The van der Waals surface area contributed by atoms with E-state index < -0.39 is 68.6 Å². The Hall–Kier alpha value is -4.35. The summed E-state index contributed by atoms with van der Waals surface area (Å²) < 4.78 is 149. The third-order valence-corrected chi connectivity index (χ3v) is 6.49. The Morgan fingerprint density at radius 2 is 0.548 bits per heavy atom. The zero-order chi connectivity index (χ0) is 31.0. The summed E-state index contributed by atoms with van der Waals surface area (Å²) in [6.07, 6.45) is -17.0. The van der Waals surface area contributed by atoms with Gasteiger partial charge in [0, 0.05) is 16.7 Å². The molecular weight excluding hydrogens is 579 g/mol. The molecule has 0 aliphatic rings. The van der Waals surface area contributed by atoms with Crippen LogP contribution in [0.1, 0.15) is 16.7 Å². The summed E-state index contributed by atoms with van der Waals surface area (Å²) in [4.78, 5) is 0.